The smallest absolute Gasteiger partial charge is 0.318 e. The summed E-state index contributed by atoms with van der Waals surface area (Å²) >= 11 is 1.18. The average Bonchev–Trinajstić information content (AvgIpc) is 2.77. The molecule has 0 radical (unpaired) electrons. The van der Waals surface area contributed by atoms with Gasteiger partial charge in [-0.25, -0.2) is 4.98 Å². The van der Waals surface area contributed by atoms with Gasteiger partial charge in [-0.05, 0) is 0 Å². The van der Waals surface area contributed by atoms with Crippen molar-refractivity contribution < 1.29 is 14.4 Å². The maximum Gasteiger partial charge on any atom is 0.318 e. The summed E-state index contributed by atoms with van der Waals surface area (Å²) in [6.45, 7) is 1.32. The number of hydrogen-bond acceptors (Lipinski definition) is 6. The van der Waals surface area contributed by atoms with Crippen molar-refractivity contribution >= 4 is 34.2 Å². The lowest BCUT2D eigenvalue weighted by atomic mass is 10.4. The van der Waals surface area contributed by atoms with Crippen LogP contribution >= 0.6 is 11.3 Å². The van der Waals surface area contributed by atoms with Crippen LogP contribution in [0.2, 0.25) is 0 Å². The van der Waals surface area contributed by atoms with E-state index in [1.54, 1.807) is 5.38 Å². The first-order valence-electron chi connectivity index (χ1n) is 4.79. The number of imide groups is 1. The van der Waals surface area contributed by atoms with Gasteiger partial charge in [0.15, 0.2) is 5.13 Å². The summed E-state index contributed by atoms with van der Waals surface area (Å²) in [4.78, 5) is 38.8. The zero-order valence-electron chi connectivity index (χ0n) is 9.17. The number of aromatic nitrogens is 1. The van der Waals surface area contributed by atoms with E-state index in [1.807, 2.05) is 0 Å². The van der Waals surface area contributed by atoms with Gasteiger partial charge in [0.05, 0.1) is 0 Å². The van der Waals surface area contributed by atoms with Crippen molar-refractivity contribution in [2.45, 2.75) is 6.92 Å². The minimum Gasteiger partial charge on any atom is -0.329 e. The van der Waals surface area contributed by atoms with Gasteiger partial charge in [-0.15, -0.1) is 11.3 Å². The Morgan fingerprint density at radius 1 is 1.53 bits per heavy atom. The molecule has 1 rings (SSSR count). The normalized spacial score (nSPS) is 9.76. The topological polar surface area (TPSA) is 105 Å². The lowest BCUT2D eigenvalue weighted by Crippen LogP contribution is -2.44. The van der Waals surface area contributed by atoms with Gasteiger partial charge < -0.3 is 5.73 Å². The molecule has 1 aromatic rings. The lowest BCUT2D eigenvalue weighted by molar-refractivity contribution is -0.149. The number of rotatable bonds is 3. The molecule has 0 aliphatic rings. The molecule has 0 fully saturated rings. The predicted molar refractivity (Wildman–Crippen MR) is 62.2 cm³/mol. The molecule has 1 aromatic heterocycles. The number of amides is 3. The van der Waals surface area contributed by atoms with E-state index in [4.69, 9.17) is 5.73 Å². The number of nitrogens with zero attached hydrogens (tertiary/aromatic N) is 2. The second-order valence-electron chi connectivity index (χ2n) is 3.06. The van der Waals surface area contributed by atoms with Gasteiger partial charge in [-0.3, -0.25) is 24.6 Å². The Morgan fingerprint density at radius 2 is 2.24 bits per heavy atom. The summed E-state index contributed by atoms with van der Waals surface area (Å²) in [5.74, 6) is -2.35. The Bertz CT molecular complexity index is 418. The van der Waals surface area contributed by atoms with Crippen molar-refractivity contribution in [3.63, 3.8) is 0 Å². The molecule has 3 N–H and O–H groups in total. The molecule has 8 heteroatoms. The first-order chi connectivity index (χ1) is 8.06. The average molecular weight is 256 g/mol. The molecule has 7 nitrogen and oxygen atoms in total. The SMILES string of the molecule is CC(=O)N(CCN)C(=O)C(=O)Nc1nccs1. The summed E-state index contributed by atoms with van der Waals surface area (Å²) in [5, 5.41) is 4.26. The third-order valence-corrected chi connectivity index (χ3v) is 2.51. The van der Waals surface area contributed by atoms with Crippen LogP contribution in [0.1, 0.15) is 6.92 Å². The maximum atomic E-state index is 11.6. The van der Waals surface area contributed by atoms with Crippen LogP contribution in [0.3, 0.4) is 0 Å². The standard InChI is InChI=1S/C9H12N4O3S/c1-6(14)13(4-2-10)8(16)7(15)12-9-11-3-5-17-9/h3,5H,2,4,10H2,1H3,(H,11,12,15). The third-order valence-electron chi connectivity index (χ3n) is 1.82. The summed E-state index contributed by atoms with van der Waals surface area (Å²) in [5.41, 5.74) is 5.25. The number of anilines is 1. The molecular formula is C9H12N4O3S. The summed E-state index contributed by atoms with van der Waals surface area (Å²) in [6.07, 6.45) is 1.49. The van der Waals surface area contributed by atoms with Crippen molar-refractivity contribution in [1.82, 2.24) is 9.88 Å². The van der Waals surface area contributed by atoms with E-state index in [2.05, 4.69) is 10.3 Å². The third kappa shape index (κ3) is 3.61. The Balaban J connectivity index is 2.67. The van der Waals surface area contributed by atoms with Gasteiger partial charge in [0, 0.05) is 31.6 Å². The monoisotopic (exact) mass is 256 g/mol. The molecule has 0 aromatic carbocycles. The van der Waals surface area contributed by atoms with Crippen molar-refractivity contribution in [2.75, 3.05) is 18.4 Å². The minimum atomic E-state index is -0.932. The molecule has 0 atom stereocenters. The second kappa shape index (κ2) is 6.06. The van der Waals surface area contributed by atoms with Crippen molar-refractivity contribution in [3.8, 4) is 0 Å². The molecule has 0 bridgehead atoms. The second-order valence-corrected chi connectivity index (χ2v) is 3.95. The predicted octanol–water partition coefficient (Wildman–Crippen LogP) is -0.585. The fourth-order valence-electron chi connectivity index (χ4n) is 1.09. The van der Waals surface area contributed by atoms with Crippen molar-refractivity contribution in [2.24, 2.45) is 5.73 Å². The van der Waals surface area contributed by atoms with E-state index >= 15 is 0 Å². The molecule has 0 saturated heterocycles. The van der Waals surface area contributed by atoms with Gasteiger partial charge in [-0.1, -0.05) is 0 Å². The van der Waals surface area contributed by atoms with Crippen LogP contribution in [0.5, 0.6) is 0 Å². The summed E-state index contributed by atoms with van der Waals surface area (Å²) in [6, 6.07) is 0. The molecule has 92 valence electrons. The quantitative estimate of drug-likeness (QED) is 0.703. The number of nitrogens with one attached hydrogen (secondary N) is 1. The van der Waals surface area contributed by atoms with Gasteiger partial charge in [-0.2, -0.15) is 0 Å². The first kappa shape index (κ1) is 13.3. The Morgan fingerprint density at radius 3 is 2.71 bits per heavy atom. The Labute approximate surface area is 102 Å². The van der Waals surface area contributed by atoms with Crippen LogP contribution in [-0.4, -0.2) is 40.7 Å². The van der Waals surface area contributed by atoms with Gasteiger partial charge >= 0.3 is 11.8 Å². The zero-order valence-corrected chi connectivity index (χ0v) is 9.99. The van der Waals surface area contributed by atoms with E-state index in [0.29, 0.717) is 5.13 Å². The Kier molecular flexibility index (Phi) is 4.73. The van der Waals surface area contributed by atoms with Crippen molar-refractivity contribution in [1.29, 1.82) is 0 Å². The van der Waals surface area contributed by atoms with Gasteiger partial charge in [0.25, 0.3) is 0 Å². The molecule has 3 amide bonds. The number of hydrogen-bond donors (Lipinski definition) is 2. The highest BCUT2D eigenvalue weighted by atomic mass is 32.1. The van der Waals surface area contributed by atoms with Crippen LogP contribution in [0.25, 0.3) is 0 Å². The highest BCUT2D eigenvalue weighted by Crippen LogP contribution is 2.10. The zero-order chi connectivity index (χ0) is 12.8. The largest absolute Gasteiger partial charge is 0.329 e. The molecular weight excluding hydrogens is 244 g/mol. The molecule has 0 unspecified atom stereocenters. The van der Waals surface area contributed by atoms with Crippen LogP contribution in [0.15, 0.2) is 11.6 Å². The lowest BCUT2D eigenvalue weighted by Gasteiger charge is -2.16. The minimum absolute atomic E-state index is 0.0133. The molecule has 0 aliphatic heterocycles. The van der Waals surface area contributed by atoms with E-state index in [0.717, 1.165) is 4.90 Å². The van der Waals surface area contributed by atoms with Crippen molar-refractivity contribution in [3.05, 3.63) is 11.6 Å². The molecule has 1 heterocycles. The van der Waals surface area contributed by atoms with E-state index in [9.17, 15) is 14.4 Å². The Hall–Kier alpha value is -1.80. The van der Waals surface area contributed by atoms with Gasteiger partial charge in [0.2, 0.25) is 5.91 Å². The summed E-state index contributed by atoms with van der Waals surface area (Å²) in [7, 11) is 0. The molecule has 0 spiro atoms. The fourth-order valence-corrected chi connectivity index (χ4v) is 1.61. The van der Waals surface area contributed by atoms with E-state index in [1.165, 1.54) is 24.5 Å². The number of carbonyl (C=O) groups is 3. The van der Waals surface area contributed by atoms with Gasteiger partial charge in [0.1, 0.15) is 0 Å². The van der Waals surface area contributed by atoms with E-state index < -0.39 is 17.7 Å². The highest BCUT2D eigenvalue weighted by Gasteiger charge is 2.24. The maximum absolute atomic E-state index is 11.6. The molecule has 17 heavy (non-hydrogen) atoms. The molecule has 0 saturated carbocycles. The van der Waals surface area contributed by atoms with Crippen LogP contribution in [-0.2, 0) is 14.4 Å². The van der Waals surface area contributed by atoms with Crippen LogP contribution in [0, 0.1) is 0 Å². The molecule has 0 aliphatic carbocycles. The summed E-state index contributed by atoms with van der Waals surface area (Å²) < 4.78 is 0. The van der Waals surface area contributed by atoms with Crippen LogP contribution in [0.4, 0.5) is 5.13 Å². The number of thiazole rings is 1. The van der Waals surface area contributed by atoms with E-state index in [-0.39, 0.29) is 13.1 Å². The first-order valence-corrected chi connectivity index (χ1v) is 5.67. The number of carbonyl (C=O) groups excluding carboxylic acids is 3. The van der Waals surface area contributed by atoms with Crippen LogP contribution < -0.4 is 11.1 Å². The highest BCUT2D eigenvalue weighted by molar-refractivity contribution is 7.13. The fraction of sp³-hybridized carbons (Fsp3) is 0.333. The number of nitrogens with two attached hydrogens (primary N) is 1.